The van der Waals surface area contributed by atoms with Crippen molar-refractivity contribution in [2.24, 2.45) is 5.10 Å². The highest BCUT2D eigenvalue weighted by Gasteiger charge is 2.08. The van der Waals surface area contributed by atoms with Crippen molar-refractivity contribution in [1.82, 2.24) is 5.43 Å². The molecule has 1 amide bonds. The van der Waals surface area contributed by atoms with Crippen molar-refractivity contribution in [3.63, 3.8) is 0 Å². The monoisotopic (exact) mass is 304 g/mol. The summed E-state index contributed by atoms with van der Waals surface area (Å²) < 4.78 is 0. The van der Waals surface area contributed by atoms with Gasteiger partial charge in [-0.3, -0.25) is 4.79 Å². The first-order valence-electron chi connectivity index (χ1n) is 5.86. The number of phenolic OH excluding ortho intramolecular Hbond substituents is 3. The SMILES string of the molecule is O=C(NN=Cc1ccc(O)cc1)Sc1cc(O)ccc1O. The average molecular weight is 304 g/mol. The summed E-state index contributed by atoms with van der Waals surface area (Å²) in [7, 11) is 0. The summed E-state index contributed by atoms with van der Waals surface area (Å²) in [5, 5.41) is 31.2. The number of hydrogen-bond acceptors (Lipinski definition) is 6. The maximum Gasteiger partial charge on any atom is 0.304 e. The third kappa shape index (κ3) is 4.43. The van der Waals surface area contributed by atoms with E-state index >= 15 is 0 Å². The van der Waals surface area contributed by atoms with Crippen molar-refractivity contribution in [2.75, 3.05) is 0 Å². The lowest BCUT2D eigenvalue weighted by molar-refractivity contribution is 0.261. The van der Waals surface area contributed by atoms with Crippen molar-refractivity contribution in [2.45, 2.75) is 4.90 Å². The zero-order valence-corrected chi connectivity index (χ0v) is 11.5. The van der Waals surface area contributed by atoms with Crippen molar-refractivity contribution >= 4 is 23.2 Å². The second-order valence-corrected chi connectivity index (χ2v) is 5.02. The third-order valence-electron chi connectivity index (χ3n) is 2.41. The Morgan fingerprint density at radius 3 is 2.43 bits per heavy atom. The molecule has 2 aromatic carbocycles. The fourth-order valence-corrected chi connectivity index (χ4v) is 2.08. The van der Waals surface area contributed by atoms with E-state index < -0.39 is 5.24 Å². The van der Waals surface area contributed by atoms with E-state index in [0.717, 1.165) is 0 Å². The topological polar surface area (TPSA) is 102 Å². The summed E-state index contributed by atoms with van der Waals surface area (Å²) in [5.74, 6) is -0.00254. The summed E-state index contributed by atoms with van der Waals surface area (Å²) in [4.78, 5) is 11.9. The average Bonchev–Trinajstić information content (AvgIpc) is 2.45. The first kappa shape index (κ1) is 14.7. The first-order chi connectivity index (χ1) is 10.0. The van der Waals surface area contributed by atoms with Gasteiger partial charge < -0.3 is 15.3 Å². The van der Waals surface area contributed by atoms with Crippen molar-refractivity contribution in [1.29, 1.82) is 0 Å². The van der Waals surface area contributed by atoms with E-state index in [0.29, 0.717) is 17.3 Å². The molecule has 0 fully saturated rings. The van der Waals surface area contributed by atoms with Crippen LogP contribution in [-0.2, 0) is 0 Å². The Bertz CT molecular complexity index is 671. The zero-order chi connectivity index (χ0) is 15.2. The van der Waals surface area contributed by atoms with Gasteiger partial charge >= 0.3 is 5.24 Å². The highest BCUT2D eigenvalue weighted by Crippen LogP contribution is 2.31. The van der Waals surface area contributed by atoms with Crippen LogP contribution in [0.1, 0.15) is 5.56 Å². The van der Waals surface area contributed by atoms with E-state index in [2.05, 4.69) is 10.5 Å². The van der Waals surface area contributed by atoms with E-state index in [9.17, 15) is 15.0 Å². The fourth-order valence-electron chi connectivity index (χ4n) is 1.43. The molecular formula is C14H12N2O4S. The van der Waals surface area contributed by atoms with Crippen LogP contribution >= 0.6 is 11.8 Å². The number of nitrogens with one attached hydrogen (secondary N) is 1. The predicted octanol–water partition coefficient (Wildman–Crippen LogP) is 2.64. The molecule has 0 heterocycles. The number of phenols is 3. The van der Waals surface area contributed by atoms with Gasteiger partial charge in [-0.05, 0) is 59.8 Å². The Balaban J connectivity index is 1.93. The van der Waals surface area contributed by atoms with Gasteiger partial charge in [0.2, 0.25) is 0 Å². The molecule has 4 N–H and O–H groups in total. The summed E-state index contributed by atoms with van der Waals surface area (Å²) >= 11 is 0.708. The van der Waals surface area contributed by atoms with Crippen LogP contribution in [0.2, 0.25) is 0 Å². The highest BCUT2D eigenvalue weighted by molar-refractivity contribution is 8.13. The highest BCUT2D eigenvalue weighted by atomic mass is 32.2. The lowest BCUT2D eigenvalue weighted by Gasteiger charge is -2.03. The third-order valence-corrected chi connectivity index (χ3v) is 3.23. The number of thioether (sulfide) groups is 1. The Kier molecular flexibility index (Phi) is 4.68. The maximum absolute atomic E-state index is 11.6. The lowest BCUT2D eigenvalue weighted by Crippen LogP contribution is -2.11. The number of benzene rings is 2. The number of carbonyl (C=O) groups is 1. The van der Waals surface area contributed by atoms with Crippen LogP contribution in [0, 0.1) is 0 Å². The number of hydrazone groups is 1. The number of aromatic hydroxyl groups is 3. The molecule has 2 rings (SSSR count). The minimum absolute atomic E-state index is 0.0457. The second-order valence-electron chi connectivity index (χ2n) is 4.00. The molecule has 21 heavy (non-hydrogen) atoms. The van der Waals surface area contributed by atoms with Gasteiger partial charge in [0.1, 0.15) is 17.2 Å². The molecular weight excluding hydrogens is 292 g/mol. The van der Waals surface area contributed by atoms with Crippen LogP contribution < -0.4 is 5.43 Å². The molecule has 0 aromatic heterocycles. The Hall–Kier alpha value is -2.67. The van der Waals surface area contributed by atoms with Gasteiger partial charge in [0, 0.05) is 0 Å². The first-order valence-corrected chi connectivity index (χ1v) is 6.68. The van der Waals surface area contributed by atoms with E-state index in [4.69, 9.17) is 5.11 Å². The number of nitrogens with zero attached hydrogens (tertiary/aromatic N) is 1. The van der Waals surface area contributed by atoms with Crippen molar-refractivity contribution in [3.8, 4) is 17.2 Å². The lowest BCUT2D eigenvalue weighted by atomic mass is 10.2. The molecule has 0 radical (unpaired) electrons. The molecule has 6 nitrogen and oxygen atoms in total. The number of rotatable bonds is 3. The van der Waals surface area contributed by atoms with Crippen LogP contribution in [0.25, 0.3) is 0 Å². The normalized spacial score (nSPS) is 10.7. The number of hydrogen-bond donors (Lipinski definition) is 4. The Labute approximate surface area is 124 Å². The largest absolute Gasteiger partial charge is 0.508 e. The van der Waals surface area contributed by atoms with Gasteiger partial charge in [0.15, 0.2) is 0 Å². The molecule has 2 aromatic rings. The summed E-state index contributed by atoms with van der Waals surface area (Å²) in [6.45, 7) is 0. The Morgan fingerprint density at radius 2 is 1.71 bits per heavy atom. The zero-order valence-electron chi connectivity index (χ0n) is 10.7. The Morgan fingerprint density at radius 1 is 1.05 bits per heavy atom. The maximum atomic E-state index is 11.6. The van der Waals surface area contributed by atoms with Crippen LogP contribution in [0.15, 0.2) is 52.5 Å². The van der Waals surface area contributed by atoms with Crippen molar-refractivity contribution in [3.05, 3.63) is 48.0 Å². The summed E-state index contributed by atoms with van der Waals surface area (Å²) in [5.41, 5.74) is 2.99. The van der Waals surface area contributed by atoms with E-state index in [1.165, 1.54) is 36.5 Å². The van der Waals surface area contributed by atoms with Gasteiger partial charge in [-0.2, -0.15) is 5.10 Å². The molecule has 0 bridgehead atoms. The van der Waals surface area contributed by atoms with Gasteiger partial charge in [0.25, 0.3) is 0 Å². The minimum Gasteiger partial charge on any atom is -0.508 e. The fraction of sp³-hybridized carbons (Fsp3) is 0. The number of carbonyl (C=O) groups excluding carboxylic acids is 1. The molecule has 108 valence electrons. The molecule has 0 saturated carbocycles. The molecule has 0 spiro atoms. The van der Waals surface area contributed by atoms with Crippen molar-refractivity contribution < 1.29 is 20.1 Å². The summed E-state index contributed by atoms with van der Waals surface area (Å²) in [6.07, 6.45) is 1.42. The van der Waals surface area contributed by atoms with Gasteiger partial charge in [0.05, 0.1) is 11.1 Å². The van der Waals surface area contributed by atoms with Gasteiger partial charge in [-0.15, -0.1) is 0 Å². The second kappa shape index (κ2) is 6.67. The van der Waals surface area contributed by atoms with Crippen LogP contribution in [0.5, 0.6) is 17.2 Å². The summed E-state index contributed by atoms with van der Waals surface area (Å²) in [6, 6.07) is 10.2. The molecule has 0 aliphatic rings. The molecule has 0 unspecified atom stereocenters. The van der Waals surface area contributed by atoms with E-state index in [1.54, 1.807) is 12.1 Å². The standard InChI is InChI=1S/C14H12N2O4S/c17-10-3-1-9(2-4-10)8-15-16-14(20)21-13-7-11(18)5-6-12(13)19/h1-8,17-19H,(H,16,20). The quantitative estimate of drug-likeness (QED) is 0.302. The van der Waals surface area contributed by atoms with Gasteiger partial charge in [-0.1, -0.05) is 0 Å². The molecule has 0 aliphatic carbocycles. The minimum atomic E-state index is -0.508. The van der Waals surface area contributed by atoms with Gasteiger partial charge in [-0.25, -0.2) is 5.43 Å². The number of amides is 1. The molecule has 0 aliphatic heterocycles. The van der Waals surface area contributed by atoms with Crippen LogP contribution in [0.3, 0.4) is 0 Å². The smallest absolute Gasteiger partial charge is 0.304 e. The molecule has 7 heteroatoms. The van der Waals surface area contributed by atoms with E-state index in [1.807, 2.05) is 0 Å². The van der Waals surface area contributed by atoms with Crippen LogP contribution in [0.4, 0.5) is 4.79 Å². The molecule has 0 saturated heterocycles. The van der Waals surface area contributed by atoms with Crippen LogP contribution in [-0.4, -0.2) is 26.8 Å². The van der Waals surface area contributed by atoms with E-state index in [-0.39, 0.29) is 22.1 Å². The molecule has 0 atom stereocenters. The predicted molar refractivity (Wildman–Crippen MR) is 79.9 cm³/mol.